The van der Waals surface area contributed by atoms with Crippen molar-refractivity contribution in [2.75, 3.05) is 19.7 Å². The summed E-state index contributed by atoms with van der Waals surface area (Å²) in [7, 11) is 0. The molecule has 2 atom stereocenters. The molecule has 2 aromatic rings. The van der Waals surface area contributed by atoms with E-state index >= 15 is 0 Å². The van der Waals surface area contributed by atoms with Gasteiger partial charge in [-0.05, 0) is 80.0 Å². The number of rotatable bonds is 8. The average molecular weight is 427 g/mol. The molecule has 1 spiro atoms. The average Bonchev–Trinajstić information content (AvgIpc) is 3.54. The van der Waals surface area contributed by atoms with Crippen LogP contribution in [0.4, 0.5) is 4.39 Å². The second-order valence-corrected chi connectivity index (χ2v) is 8.94. The summed E-state index contributed by atoms with van der Waals surface area (Å²) >= 11 is 0. The number of hydrogen-bond acceptors (Lipinski definition) is 4. The van der Waals surface area contributed by atoms with Crippen LogP contribution in [0.3, 0.4) is 0 Å². The van der Waals surface area contributed by atoms with Gasteiger partial charge in [0.15, 0.2) is 0 Å². The number of nitrogens with zero attached hydrogens (tertiary/aromatic N) is 1. The van der Waals surface area contributed by atoms with Crippen LogP contribution in [0.15, 0.2) is 48.5 Å². The van der Waals surface area contributed by atoms with E-state index in [9.17, 15) is 14.3 Å². The molecule has 31 heavy (non-hydrogen) atoms. The number of nitrogens with one attached hydrogen (secondary N) is 1. The Hall–Kier alpha value is -2.44. The Morgan fingerprint density at radius 2 is 1.90 bits per heavy atom. The predicted molar refractivity (Wildman–Crippen MR) is 117 cm³/mol. The highest BCUT2D eigenvalue weighted by Crippen LogP contribution is 2.55. The molecule has 0 unspecified atom stereocenters. The largest absolute Gasteiger partial charge is 0.492 e. The first-order valence-corrected chi connectivity index (χ1v) is 11.1. The molecule has 1 saturated heterocycles. The summed E-state index contributed by atoms with van der Waals surface area (Å²) in [4.78, 5) is 15.5. The molecule has 2 fully saturated rings. The molecular formula is C25H31FN2O3. The van der Waals surface area contributed by atoms with Crippen LogP contribution in [0.5, 0.6) is 5.75 Å². The Morgan fingerprint density at radius 3 is 2.55 bits per heavy atom. The van der Waals surface area contributed by atoms with Crippen molar-refractivity contribution in [1.29, 1.82) is 0 Å². The van der Waals surface area contributed by atoms with Crippen molar-refractivity contribution in [1.82, 2.24) is 10.2 Å². The first-order chi connectivity index (χ1) is 15.0. The number of likely N-dealkylation sites (tertiary alicyclic amines) is 1. The number of aliphatic hydroxyl groups excluding tert-OH is 1. The van der Waals surface area contributed by atoms with Crippen molar-refractivity contribution in [3.05, 3.63) is 65.5 Å². The molecule has 1 heterocycles. The lowest BCUT2D eigenvalue weighted by Crippen LogP contribution is -2.53. The quantitative estimate of drug-likeness (QED) is 0.674. The minimum Gasteiger partial charge on any atom is -0.492 e. The highest BCUT2D eigenvalue weighted by molar-refractivity contribution is 5.82. The van der Waals surface area contributed by atoms with Crippen LogP contribution in [-0.4, -0.2) is 41.7 Å². The number of ether oxygens (including phenoxy) is 1. The van der Waals surface area contributed by atoms with E-state index in [4.69, 9.17) is 4.74 Å². The summed E-state index contributed by atoms with van der Waals surface area (Å²) in [5.41, 5.74) is 2.23. The molecule has 1 amide bonds. The number of carbonyl (C=O) groups excluding carboxylic acids is 1. The molecular weight excluding hydrogens is 395 g/mol. The maximum absolute atomic E-state index is 13.2. The van der Waals surface area contributed by atoms with Crippen molar-refractivity contribution in [2.45, 2.75) is 51.3 Å². The van der Waals surface area contributed by atoms with Crippen molar-refractivity contribution in [3.8, 4) is 5.75 Å². The van der Waals surface area contributed by atoms with Crippen molar-refractivity contribution in [2.24, 2.45) is 5.41 Å². The Morgan fingerprint density at radius 1 is 1.19 bits per heavy atom. The lowest BCUT2D eigenvalue weighted by Gasteiger charge is -2.39. The second kappa shape index (κ2) is 9.37. The van der Waals surface area contributed by atoms with Gasteiger partial charge in [-0.2, -0.15) is 0 Å². The molecule has 0 aromatic heterocycles. The van der Waals surface area contributed by atoms with E-state index in [0.717, 1.165) is 30.5 Å². The maximum Gasteiger partial charge on any atom is 0.237 e. The summed E-state index contributed by atoms with van der Waals surface area (Å²) in [5.74, 6) is 0.416. The SMILES string of the molecule is C[C@H](NC(=O)[C@H]1CC2(CCN1CCOc1ccc(F)cc1)CC2)c1ccc(CO)cc1. The topological polar surface area (TPSA) is 61.8 Å². The molecule has 2 aromatic carbocycles. The number of amides is 1. The van der Waals surface area contributed by atoms with Crippen molar-refractivity contribution < 1.29 is 19.0 Å². The van der Waals surface area contributed by atoms with Gasteiger partial charge in [0, 0.05) is 6.54 Å². The van der Waals surface area contributed by atoms with Crippen LogP contribution < -0.4 is 10.1 Å². The summed E-state index contributed by atoms with van der Waals surface area (Å²) in [6.45, 7) is 4.01. The third-order valence-electron chi connectivity index (χ3n) is 6.74. The number of carbonyl (C=O) groups is 1. The smallest absolute Gasteiger partial charge is 0.237 e. The van der Waals surface area contributed by atoms with Gasteiger partial charge in [0.1, 0.15) is 18.2 Å². The molecule has 4 rings (SSSR count). The van der Waals surface area contributed by atoms with Crippen LogP contribution in [0.1, 0.15) is 49.8 Å². The third-order valence-corrected chi connectivity index (χ3v) is 6.74. The number of benzene rings is 2. The van der Waals surface area contributed by atoms with E-state index in [-0.39, 0.29) is 30.4 Å². The summed E-state index contributed by atoms with van der Waals surface area (Å²) in [6, 6.07) is 13.4. The zero-order valence-corrected chi connectivity index (χ0v) is 18.0. The zero-order chi connectivity index (χ0) is 21.8. The van der Waals surface area contributed by atoms with E-state index in [1.807, 2.05) is 31.2 Å². The Kier molecular flexibility index (Phi) is 6.58. The molecule has 0 bridgehead atoms. The second-order valence-electron chi connectivity index (χ2n) is 8.94. The minimum atomic E-state index is -0.282. The van der Waals surface area contributed by atoms with Crippen molar-refractivity contribution >= 4 is 5.91 Å². The fraction of sp³-hybridized carbons (Fsp3) is 0.480. The highest BCUT2D eigenvalue weighted by Gasteiger charge is 2.49. The van der Waals surface area contributed by atoms with Gasteiger partial charge >= 0.3 is 0 Å². The first kappa shape index (κ1) is 21.8. The van der Waals surface area contributed by atoms with E-state index in [0.29, 0.717) is 24.3 Å². The maximum atomic E-state index is 13.2. The molecule has 2 aliphatic rings. The number of aliphatic hydroxyl groups is 1. The van der Waals surface area contributed by atoms with Crippen LogP contribution in [0.2, 0.25) is 0 Å². The van der Waals surface area contributed by atoms with Crippen LogP contribution >= 0.6 is 0 Å². The lowest BCUT2D eigenvalue weighted by atomic mass is 9.87. The zero-order valence-electron chi connectivity index (χ0n) is 18.0. The van der Waals surface area contributed by atoms with Gasteiger partial charge in [0.05, 0.1) is 18.7 Å². The van der Waals surface area contributed by atoms with Gasteiger partial charge in [0.25, 0.3) is 0 Å². The van der Waals surface area contributed by atoms with Crippen LogP contribution in [0, 0.1) is 11.2 Å². The predicted octanol–water partition coefficient (Wildman–Crippen LogP) is 3.82. The van der Waals surface area contributed by atoms with Gasteiger partial charge in [-0.25, -0.2) is 4.39 Å². The van der Waals surface area contributed by atoms with E-state index < -0.39 is 0 Å². The minimum absolute atomic E-state index is 0.0140. The van der Waals surface area contributed by atoms with Crippen LogP contribution in [-0.2, 0) is 11.4 Å². The fourth-order valence-corrected chi connectivity index (χ4v) is 4.45. The molecule has 1 aliphatic heterocycles. The Bertz CT molecular complexity index is 881. The molecule has 166 valence electrons. The highest BCUT2D eigenvalue weighted by atomic mass is 19.1. The number of piperidine rings is 1. The lowest BCUT2D eigenvalue weighted by molar-refractivity contribution is -0.129. The van der Waals surface area contributed by atoms with Gasteiger partial charge in [-0.15, -0.1) is 0 Å². The number of halogens is 1. The van der Waals surface area contributed by atoms with Gasteiger partial charge < -0.3 is 15.2 Å². The summed E-state index contributed by atoms with van der Waals surface area (Å²) in [6.07, 6.45) is 4.46. The molecule has 2 N–H and O–H groups in total. The molecule has 1 saturated carbocycles. The van der Waals surface area contributed by atoms with E-state index in [1.165, 1.54) is 25.0 Å². The molecule has 0 radical (unpaired) electrons. The molecule has 1 aliphatic carbocycles. The summed E-state index contributed by atoms with van der Waals surface area (Å²) < 4.78 is 18.8. The summed E-state index contributed by atoms with van der Waals surface area (Å²) in [5, 5.41) is 12.4. The first-order valence-electron chi connectivity index (χ1n) is 11.1. The van der Waals surface area contributed by atoms with Crippen LogP contribution in [0.25, 0.3) is 0 Å². The fourth-order valence-electron chi connectivity index (χ4n) is 4.45. The third kappa shape index (κ3) is 5.43. The standard InChI is InChI=1S/C25H31FN2O3/c1-18(20-4-2-19(17-29)3-5-20)27-24(30)23-16-25(10-11-25)12-13-28(23)14-15-31-22-8-6-21(26)7-9-22/h2-9,18,23,29H,10-17H2,1H3,(H,27,30)/t18-,23+/m0/s1. The van der Waals surface area contributed by atoms with Gasteiger partial charge in [-0.1, -0.05) is 24.3 Å². The molecule has 5 nitrogen and oxygen atoms in total. The molecule has 6 heteroatoms. The Balaban J connectivity index is 1.36. The van der Waals surface area contributed by atoms with E-state index in [1.54, 1.807) is 12.1 Å². The number of hydrogen-bond donors (Lipinski definition) is 2. The van der Waals surface area contributed by atoms with E-state index in [2.05, 4.69) is 10.2 Å². The van der Waals surface area contributed by atoms with Gasteiger partial charge in [0.2, 0.25) is 5.91 Å². The van der Waals surface area contributed by atoms with Gasteiger partial charge in [-0.3, -0.25) is 9.69 Å². The Labute approximate surface area is 183 Å². The van der Waals surface area contributed by atoms with Crippen molar-refractivity contribution in [3.63, 3.8) is 0 Å². The normalized spacial score (nSPS) is 20.9. The monoisotopic (exact) mass is 426 g/mol.